The highest BCUT2D eigenvalue weighted by atomic mass is 35.5. The zero-order valence-electron chi connectivity index (χ0n) is 31.9. The summed E-state index contributed by atoms with van der Waals surface area (Å²) in [6, 6.07) is 9.76. The fourth-order valence-corrected chi connectivity index (χ4v) is 6.68. The molecule has 0 saturated heterocycles. The van der Waals surface area contributed by atoms with Gasteiger partial charge in [-0.15, -0.1) is 31.4 Å². The van der Waals surface area contributed by atoms with Crippen molar-refractivity contribution >= 4 is 30.7 Å². The lowest BCUT2D eigenvalue weighted by molar-refractivity contribution is 0.0645. The van der Waals surface area contributed by atoms with Gasteiger partial charge in [0.25, 0.3) is 5.91 Å². The standard InChI is InChI=1S/C43H78N2O.2ClH/c1-4-7-9-11-13-15-17-19-21-23-25-27-29-34-39-44(41-45(38-6-3)43(46)42-36-32-31-33-37-42)40-35-30-28-26-24-22-20-18-16-14-12-10-8-5-2;;/h6,31-33,36-37H,3-5,7-30,34-35,38-41H2,1-2H3;2*1H. The summed E-state index contributed by atoms with van der Waals surface area (Å²) in [6.07, 6.45) is 40.8. The topological polar surface area (TPSA) is 23.6 Å². The smallest absolute Gasteiger partial charge is 0.255 e. The largest absolute Gasteiger partial charge is 0.322 e. The second-order valence-corrected chi connectivity index (χ2v) is 14.1. The van der Waals surface area contributed by atoms with Crippen LogP contribution in [0.4, 0.5) is 0 Å². The molecule has 0 aliphatic rings. The number of halogens is 2. The van der Waals surface area contributed by atoms with E-state index in [0.717, 1.165) is 18.7 Å². The molecular formula is C43H80Cl2N2O. The van der Waals surface area contributed by atoms with Crippen LogP contribution in [0.25, 0.3) is 0 Å². The van der Waals surface area contributed by atoms with Crippen molar-refractivity contribution in [2.24, 2.45) is 0 Å². The lowest BCUT2D eigenvalue weighted by atomic mass is 10.0. The third kappa shape index (κ3) is 29.8. The average Bonchev–Trinajstić information content (AvgIpc) is 3.08. The number of unbranched alkanes of at least 4 members (excludes halogenated alkanes) is 26. The van der Waals surface area contributed by atoms with Crippen LogP contribution in [0.3, 0.4) is 0 Å². The first-order chi connectivity index (χ1) is 22.7. The summed E-state index contributed by atoms with van der Waals surface area (Å²) < 4.78 is 0. The molecule has 0 unspecified atom stereocenters. The second-order valence-electron chi connectivity index (χ2n) is 14.1. The molecule has 0 aromatic heterocycles. The molecular weight excluding hydrogens is 631 g/mol. The van der Waals surface area contributed by atoms with Crippen molar-refractivity contribution in [3.05, 3.63) is 48.6 Å². The molecule has 48 heavy (non-hydrogen) atoms. The van der Waals surface area contributed by atoms with Gasteiger partial charge in [-0.1, -0.05) is 205 Å². The van der Waals surface area contributed by atoms with E-state index in [1.54, 1.807) is 0 Å². The van der Waals surface area contributed by atoms with Crippen molar-refractivity contribution in [2.75, 3.05) is 26.3 Å². The summed E-state index contributed by atoms with van der Waals surface area (Å²) in [5.41, 5.74) is 0.775. The maximum Gasteiger partial charge on any atom is 0.255 e. The molecule has 0 N–H and O–H groups in total. The van der Waals surface area contributed by atoms with Crippen molar-refractivity contribution in [1.29, 1.82) is 0 Å². The van der Waals surface area contributed by atoms with Crippen LogP contribution >= 0.6 is 24.8 Å². The molecule has 1 aromatic rings. The van der Waals surface area contributed by atoms with Gasteiger partial charge in [0.15, 0.2) is 0 Å². The summed E-state index contributed by atoms with van der Waals surface area (Å²) in [4.78, 5) is 17.9. The third-order valence-electron chi connectivity index (χ3n) is 9.68. The summed E-state index contributed by atoms with van der Waals surface area (Å²) in [5, 5.41) is 0. The summed E-state index contributed by atoms with van der Waals surface area (Å²) >= 11 is 0. The molecule has 0 heterocycles. The Labute approximate surface area is 312 Å². The number of benzene rings is 1. The average molecular weight is 712 g/mol. The molecule has 1 aromatic carbocycles. The fraction of sp³-hybridized carbons (Fsp3) is 0.791. The molecule has 3 nitrogen and oxygen atoms in total. The summed E-state index contributed by atoms with van der Waals surface area (Å²) in [7, 11) is 0. The molecule has 0 saturated carbocycles. The number of hydrogen-bond donors (Lipinski definition) is 0. The maximum atomic E-state index is 13.3. The van der Waals surface area contributed by atoms with E-state index in [-0.39, 0.29) is 30.7 Å². The lowest BCUT2D eigenvalue weighted by Gasteiger charge is -2.30. The molecule has 0 atom stereocenters. The van der Waals surface area contributed by atoms with E-state index < -0.39 is 0 Å². The van der Waals surface area contributed by atoms with Gasteiger partial charge in [-0.25, -0.2) is 0 Å². The quantitative estimate of drug-likeness (QED) is 0.0398. The Hall–Kier alpha value is -1.03. The third-order valence-corrected chi connectivity index (χ3v) is 9.68. The fourth-order valence-electron chi connectivity index (χ4n) is 6.68. The van der Waals surface area contributed by atoms with Gasteiger partial charge in [0.2, 0.25) is 0 Å². The summed E-state index contributed by atoms with van der Waals surface area (Å²) in [5.74, 6) is 0.118. The van der Waals surface area contributed by atoms with Crippen LogP contribution < -0.4 is 0 Å². The van der Waals surface area contributed by atoms with Crippen molar-refractivity contribution in [3.63, 3.8) is 0 Å². The van der Waals surface area contributed by atoms with Crippen molar-refractivity contribution in [3.8, 4) is 0 Å². The first-order valence-corrected chi connectivity index (χ1v) is 20.4. The van der Waals surface area contributed by atoms with Gasteiger partial charge >= 0.3 is 0 Å². The van der Waals surface area contributed by atoms with Crippen molar-refractivity contribution in [2.45, 2.75) is 194 Å². The first kappa shape index (κ1) is 49.1. The first-order valence-electron chi connectivity index (χ1n) is 20.4. The van der Waals surface area contributed by atoms with Gasteiger partial charge < -0.3 is 4.90 Å². The van der Waals surface area contributed by atoms with Gasteiger partial charge in [-0.3, -0.25) is 9.69 Å². The molecule has 5 heteroatoms. The van der Waals surface area contributed by atoms with Crippen LogP contribution in [0.2, 0.25) is 0 Å². The molecule has 0 fully saturated rings. The van der Waals surface area contributed by atoms with Crippen LogP contribution in [0.5, 0.6) is 0 Å². The summed E-state index contributed by atoms with van der Waals surface area (Å²) in [6.45, 7) is 12.0. The Morgan fingerprint density at radius 1 is 0.521 bits per heavy atom. The molecule has 0 bridgehead atoms. The van der Waals surface area contributed by atoms with Crippen LogP contribution in [0.1, 0.15) is 204 Å². The van der Waals surface area contributed by atoms with Crippen molar-refractivity contribution < 1.29 is 4.79 Å². The van der Waals surface area contributed by atoms with E-state index in [1.807, 2.05) is 41.3 Å². The van der Waals surface area contributed by atoms with Gasteiger partial charge in [0.05, 0.1) is 6.67 Å². The SMILES string of the molecule is C=CCN(CN(CCCCCCCCCCCCCCCC)CCCCCCCCCCCCCCCC)C(=O)c1ccccc1.Cl.Cl. The number of carbonyl (C=O) groups is 1. The number of nitrogens with zero attached hydrogens (tertiary/aromatic N) is 2. The minimum atomic E-state index is 0. The normalized spacial score (nSPS) is 10.9. The predicted molar refractivity (Wildman–Crippen MR) is 219 cm³/mol. The van der Waals surface area contributed by atoms with E-state index >= 15 is 0 Å². The number of rotatable bonds is 35. The number of amides is 1. The predicted octanol–water partition coefficient (Wildman–Crippen LogP) is 14.4. The molecule has 282 valence electrons. The second kappa shape index (κ2) is 38.8. The molecule has 1 rings (SSSR count). The van der Waals surface area contributed by atoms with E-state index in [9.17, 15) is 4.79 Å². The van der Waals surface area contributed by atoms with Crippen molar-refractivity contribution in [1.82, 2.24) is 9.80 Å². The van der Waals surface area contributed by atoms with Gasteiger partial charge in [0, 0.05) is 12.1 Å². The monoisotopic (exact) mass is 711 g/mol. The van der Waals surface area contributed by atoms with Gasteiger partial charge in [0.1, 0.15) is 0 Å². The Morgan fingerprint density at radius 2 is 0.833 bits per heavy atom. The van der Waals surface area contributed by atoms with Crippen LogP contribution in [0.15, 0.2) is 43.0 Å². The lowest BCUT2D eigenvalue weighted by Crippen LogP contribution is -2.42. The Balaban J connectivity index is 0. The van der Waals surface area contributed by atoms with E-state index in [0.29, 0.717) is 13.2 Å². The number of hydrogen-bond acceptors (Lipinski definition) is 2. The zero-order valence-corrected chi connectivity index (χ0v) is 33.6. The molecule has 0 radical (unpaired) electrons. The molecule has 0 aliphatic heterocycles. The molecule has 0 aliphatic carbocycles. The Morgan fingerprint density at radius 3 is 1.15 bits per heavy atom. The van der Waals surface area contributed by atoms with Gasteiger partial charge in [-0.05, 0) is 38.1 Å². The zero-order chi connectivity index (χ0) is 33.2. The Bertz CT molecular complexity index is 758. The minimum absolute atomic E-state index is 0. The Kier molecular flexibility index (Phi) is 39.6. The van der Waals surface area contributed by atoms with Crippen LogP contribution in [-0.2, 0) is 0 Å². The number of carbonyl (C=O) groups excluding carboxylic acids is 1. The maximum absolute atomic E-state index is 13.3. The van der Waals surface area contributed by atoms with E-state index in [4.69, 9.17) is 0 Å². The van der Waals surface area contributed by atoms with E-state index in [1.165, 1.54) is 180 Å². The molecule has 1 amide bonds. The van der Waals surface area contributed by atoms with Crippen LogP contribution in [-0.4, -0.2) is 42.0 Å². The minimum Gasteiger partial charge on any atom is -0.322 e. The van der Waals surface area contributed by atoms with Gasteiger partial charge in [-0.2, -0.15) is 0 Å². The highest BCUT2D eigenvalue weighted by molar-refractivity contribution is 5.94. The molecule has 0 spiro atoms. The van der Waals surface area contributed by atoms with E-state index in [2.05, 4.69) is 25.3 Å². The highest BCUT2D eigenvalue weighted by Crippen LogP contribution is 2.16. The van der Waals surface area contributed by atoms with Crippen LogP contribution in [0, 0.1) is 0 Å². The highest BCUT2D eigenvalue weighted by Gasteiger charge is 2.17.